The Morgan fingerprint density at radius 3 is 1.05 bits per heavy atom. The highest BCUT2D eigenvalue weighted by atomic mass is 79.9. The quantitative estimate of drug-likeness (QED) is 0.0130. The normalized spacial score (nSPS) is 15.1. The summed E-state index contributed by atoms with van der Waals surface area (Å²) in [6.45, 7) is 27.1. The largest absolute Gasteiger partial charge is 0.519 e. The van der Waals surface area contributed by atoms with Gasteiger partial charge in [-0.3, -0.25) is 0 Å². The predicted molar refractivity (Wildman–Crippen MR) is 560 cm³/mol. The van der Waals surface area contributed by atoms with Crippen molar-refractivity contribution in [2.75, 3.05) is 52.5 Å². The summed E-state index contributed by atoms with van der Waals surface area (Å²) < 4.78 is 31.8. The molecule has 136 heavy (non-hydrogen) atoms. The van der Waals surface area contributed by atoms with E-state index in [1.807, 2.05) is 169 Å². The first kappa shape index (κ1) is 128. The third-order valence-corrected chi connectivity index (χ3v) is 22.1. The molecule has 27 heteroatoms. The van der Waals surface area contributed by atoms with Gasteiger partial charge in [0.1, 0.15) is 22.4 Å². The Labute approximate surface area is 846 Å². The lowest BCUT2D eigenvalue weighted by molar-refractivity contribution is -0.0295. The molecule has 0 bridgehead atoms. The van der Waals surface area contributed by atoms with Crippen molar-refractivity contribution in [3.8, 4) is 42.1 Å². The summed E-state index contributed by atoms with van der Waals surface area (Å²) in [5.41, 5.74) is 22.4. The zero-order valence-electron chi connectivity index (χ0n) is 82.2. The highest BCUT2D eigenvalue weighted by Crippen LogP contribution is 2.32. The van der Waals surface area contributed by atoms with E-state index in [4.69, 9.17) is 57.7 Å². The molecule has 0 radical (unpaired) electrons. The lowest BCUT2D eigenvalue weighted by Gasteiger charge is -2.20. The number of hydrogen-bond acceptors (Lipinski definition) is 21. The fraction of sp³-hybridized carbons (Fsp3) is 0.569. The number of aliphatic hydroxyl groups excluding tert-OH is 7. The van der Waals surface area contributed by atoms with Crippen LogP contribution in [0.5, 0.6) is 0 Å². The summed E-state index contributed by atoms with van der Waals surface area (Å²) in [6.07, 6.45) is 27.8. The molecule has 1 saturated heterocycles. The van der Waals surface area contributed by atoms with Crippen molar-refractivity contribution < 1.29 is 83.3 Å². The van der Waals surface area contributed by atoms with E-state index < -0.39 is 83.5 Å². The fourth-order valence-corrected chi connectivity index (χ4v) is 15.2. The second-order valence-corrected chi connectivity index (χ2v) is 40.0. The number of hydrogen-bond donors (Lipinski definition) is 12. The molecule has 1 aliphatic heterocycles. The van der Waals surface area contributed by atoms with E-state index in [0.29, 0.717) is 82.6 Å². The number of aryl methyl sites for hydroxylation is 1. The van der Waals surface area contributed by atoms with Crippen molar-refractivity contribution in [2.24, 2.45) is 40.9 Å². The Balaban J connectivity index is 0.00000153. The summed E-state index contributed by atoms with van der Waals surface area (Å²) in [5.74, 6) is 18.6. The van der Waals surface area contributed by atoms with Crippen LogP contribution in [0.2, 0.25) is 0 Å². The smallest absolute Gasteiger partial charge is 0.444 e. The Kier molecular flexibility index (Phi) is 68.9. The number of nitrogens with zero attached hydrogens (tertiary/aromatic N) is 1. The number of amides is 2. The number of rotatable bonds is 22. The monoisotopic (exact) mass is 2100 g/mol. The van der Waals surface area contributed by atoms with Gasteiger partial charge in [0.2, 0.25) is 0 Å². The number of nitrogens with two attached hydrogens (primary N) is 3. The average molecular weight is 2100 g/mol. The average Bonchev–Trinajstić information content (AvgIpc) is 1.10. The second-order valence-electron chi connectivity index (χ2n) is 37.3. The number of ether oxygens (including phenoxy) is 6. The standard InChI is InChI=1S/C21H29NO3.C16H25NO.C16H21NO.C14H20BrNO3.C10H18O5.C9H12BrNO.C9H8BrNO.C7H10.C4H8O.C2H6O.CH4.ClH/c1-21(2,3)25-20(24)22-14-13-19(23)18-10-6-9-17(15-18)12-11-16-7-4-5-8-16;2*17-11-10-16(18)15-7-3-6-14(12-15)9-8-13-4-1-2-5-13;1-14(2,3)19-13(18)16-8-7-12(17)10-5-4-6-11(15)9-10;1-9(2,3)14-7(11)13-8(12)15-10(4,5)6;2*10-8-3-1-2-7(6-8)9(12)4-5-11;1-2-7-5-3-4-6-7;1-2-4-5-3-1;1-2-3;;/h6,9-10,15-16,19,23H,4-5,7-8,13-14H2,1-3H3,(H,22,24);3,6-7,12-13,16,18H,1-2,4-5,8-11,17H2;3,6-7,12-13,16,18H,1-2,4-5,10-11,17H2;4-6,9,12,17H,7-8H2,1-3H3,(H,16,18);1-6H3;1-3,6,9,12H,4-5,11H2;1-3,6,9,12H,4H2;1,7H,3-6H2;1-4H2;3H,2H2,1H3;1H4;1H. The predicted octanol–water partition coefficient (Wildman–Crippen LogP) is 24.1. The molecule has 1 heterocycles. The maximum atomic E-state index is 11.6. The van der Waals surface area contributed by atoms with Crippen molar-refractivity contribution >= 4 is 84.7 Å². The third-order valence-electron chi connectivity index (χ3n) is 20.6. The van der Waals surface area contributed by atoms with Crippen LogP contribution in [0.4, 0.5) is 19.2 Å². The van der Waals surface area contributed by atoms with Crippen molar-refractivity contribution in [3.63, 3.8) is 0 Å². The van der Waals surface area contributed by atoms with Gasteiger partial charge in [0.25, 0.3) is 0 Å². The molecular formula is C109H162Br3ClN6O17. The third kappa shape index (κ3) is 65.1. The molecule has 4 aliphatic carbocycles. The molecular weight excluding hydrogens is 1940 g/mol. The molecule has 6 unspecified atom stereocenters. The van der Waals surface area contributed by atoms with Crippen molar-refractivity contribution in [1.29, 1.82) is 5.26 Å². The number of aliphatic hydroxyl groups is 7. The maximum absolute atomic E-state index is 11.6. The Morgan fingerprint density at radius 2 is 0.750 bits per heavy atom. The molecule has 2 amide bonds. The van der Waals surface area contributed by atoms with Gasteiger partial charge in [-0.05, 0) is 311 Å². The molecule has 758 valence electrons. The van der Waals surface area contributed by atoms with Gasteiger partial charge < -0.3 is 92.0 Å². The van der Waals surface area contributed by atoms with Crippen LogP contribution < -0.4 is 27.8 Å². The van der Waals surface area contributed by atoms with Gasteiger partial charge in [-0.25, -0.2) is 19.2 Å². The van der Waals surface area contributed by atoms with Crippen molar-refractivity contribution in [2.45, 2.75) is 323 Å². The lowest BCUT2D eigenvalue weighted by Crippen LogP contribution is -2.33. The number of carbonyl (C=O) groups excluding carboxylic acids is 4. The first-order chi connectivity index (χ1) is 63.5. The van der Waals surface area contributed by atoms with Gasteiger partial charge in [-0.2, -0.15) is 5.26 Å². The highest BCUT2D eigenvalue weighted by molar-refractivity contribution is 9.11. The van der Waals surface area contributed by atoms with Crippen LogP contribution in [-0.2, 0) is 34.8 Å². The first-order valence-electron chi connectivity index (χ1n) is 47.4. The molecule has 0 spiro atoms. The number of carbonyl (C=O) groups is 4. The van der Waals surface area contributed by atoms with E-state index in [9.17, 15) is 49.8 Å². The Morgan fingerprint density at radius 1 is 0.449 bits per heavy atom. The zero-order chi connectivity index (χ0) is 99.9. The minimum atomic E-state index is -1.06. The Bertz CT molecular complexity index is 4440. The minimum Gasteiger partial charge on any atom is -0.444 e. The van der Waals surface area contributed by atoms with Crippen LogP contribution in [0.3, 0.4) is 0 Å². The van der Waals surface area contributed by atoms with E-state index in [0.717, 1.165) is 83.5 Å². The molecule has 0 aromatic heterocycles. The summed E-state index contributed by atoms with van der Waals surface area (Å²) >= 11 is 9.98. The van der Waals surface area contributed by atoms with Crippen LogP contribution in [0.1, 0.15) is 345 Å². The number of halogens is 4. The molecule has 5 fully saturated rings. The van der Waals surface area contributed by atoms with Crippen LogP contribution >= 0.6 is 60.2 Å². The number of alkyl carbamates (subject to hydrolysis) is 2. The van der Waals surface area contributed by atoms with Crippen molar-refractivity contribution in [1.82, 2.24) is 10.6 Å². The number of terminal acetylenes is 1. The topological polar surface area (TPSA) is 391 Å². The maximum Gasteiger partial charge on any atom is 0.519 e. The molecule has 4 saturated carbocycles. The van der Waals surface area contributed by atoms with Gasteiger partial charge in [0, 0.05) is 75.2 Å². The van der Waals surface area contributed by atoms with Crippen molar-refractivity contribution in [3.05, 3.63) is 209 Å². The van der Waals surface area contributed by atoms with E-state index in [1.54, 1.807) is 54.5 Å². The molecule has 6 atom stereocenters. The molecule has 11 rings (SSSR count). The van der Waals surface area contributed by atoms with E-state index >= 15 is 0 Å². The summed E-state index contributed by atoms with van der Waals surface area (Å²) in [6, 6.07) is 48.3. The fourth-order valence-electron chi connectivity index (χ4n) is 13.9. The van der Waals surface area contributed by atoms with Crippen LogP contribution in [0, 0.1) is 71.0 Å². The summed E-state index contributed by atoms with van der Waals surface area (Å²) in [5, 5.41) is 80.3. The van der Waals surface area contributed by atoms with Gasteiger partial charge in [-0.1, -0.05) is 228 Å². The minimum absolute atomic E-state index is 0. The van der Waals surface area contributed by atoms with Gasteiger partial charge in [0.05, 0.1) is 49.1 Å². The van der Waals surface area contributed by atoms with E-state index in [-0.39, 0.29) is 32.9 Å². The molecule has 5 aliphatic rings. The van der Waals surface area contributed by atoms with Gasteiger partial charge in [0.15, 0.2) is 0 Å². The van der Waals surface area contributed by atoms with Gasteiger partial charge in [-0.15, -0.1) is 24.8 Å². The lowest BCUT2D eigenvalue weighted by atomic mass is 9.96. The molecule has 23 nitrogen and oxygen atoms in total. The van der Waals surface area contributed by atoms with Crippen LogP contribution in [0.25, 0.3) is 0 Å². The first-order valence-corrected chi connectivity index (χ1v) is 49.8. The number of nitriles is 1. The van der Waals surface area contributed by atoms with E-state index in [1.165, 1.54) is 128 Å². The number of nitrogens with one attached hydrogen (secondary N) is 2. The van der Waals surface area contributed by atoms with Crippen LogP contribution in [0.15, 0.2) is 159 Å². The molecule has 6 aromatic rings. The number of benzene rings is 6. The SMILES string of the molecule is C.C#CC1CCCC1.C1CCOC1.CC(C)(C)OC(=O)NCCC(O)c1cccc(Br)c1.CC(C)(C)OC(=O)NCCC(O)c1cccc(C#CC2CCCC2)c1.CC(C)(C)OC(=O)OC(=O)OC(C)(C)C.CCO.Cl.N#CCC(O)c1cccc(Br)c1.NCCC(O)c1cccc(Br)c1.NCCC(O)c1cccc(C#CC2CCCC2)c1.NCCC(O)c1cccc(CCC2CCCC2)c1. The van der Waals surface area contributed by atoms with Crippen LogP contribution in [-0.4, -0.2) is 135 Å². The molecule has 6 aromatic carbocycles. The van der Waals surface area contributed by atoms with E-state index in [2.05, 4.69) is 111 Å². The molecule has 15 N–H and O–H groups in total. The highest BCUT2D eigenvalue weighted by Gasteiger charge is 2.26. The summed E-state index contributed by atoms with van der Waals surface area (Å²) in [4.78, 5) is 45.0. The second kappa shape index (κ2) is 73.2. The zero-order valence-corrected chi connectivity index (χ0v) is 87.8. The van der Waals surface area contributed by atoms with Gasteiger partial charge >= 0.3 is 24.5 Å². The Hall–Kier alpha value is -7.94. The summed E-state index contributed by atoms with van der Waals surface area (Å²) in [7, 11) is 0.